The van der Waals surface area contributed by atoms with Gasteiger partial charge in [-0.3, -0.25) is 14.4 Å². The quantitative estimate of drug-likeness (QED) is 0.591. The summed E-state index contributed by atoms with van der Waals surface area (Å²) >= 11 is 0. The Morgan fingerprint density at radius 3 is 2.10 bits per heavy atom. The fourth-order valence-corrected chi connectivity index (χ4v) is 2.80. The molecule has 0 aromatic heterocycles. The van der Waals surface area contributed by atoms with Gasteiger partial charge in [0.1, 0.15) is 11.6 Å². The zero-order valence-electron chi connectivity index (χ0n) is 17.1. The predicted molar refractivity (Wildman–Crippen MR) is 115 cm³/mol. The first-order chi connectivity index (χ1) is 14.8. The summed E-state index contributed by atoms with van der Waals surface area (Å²) in [6.45, 7) is -0.239. The number of halogens is 1. The molecule has 3 aromatic carbocycles. The van der Waals surface area contributed by atoms with Crippen LogP contribution in [0.5, 0.6) is 5.75 Å². The third kappa shape index (κ3) is 5.76. The number of nitrogens with one attached hydrogen (secondary N) is 1. The molecule has 0 aliphatic carbocycles. The Labute approximate surface area is 179 Å². The number of hydrogen-bond acceptors (Lipinski definition) is 4. The first kappa shape index (κ1) is 21.7. The minimum absolute atomic E-state index is 0.164. The van der Waals surface area contributed by atoms with Crippen LogP contribution in [0.1, 0.15) is 26.3 Å². The lowest BCUT2D eigenvalue weighted by Gasteiger charge is -2.12. The molecule has 1 N–H and O–H groups in total. The van der Waals surface area contributed by atoms with Crippen molar-refractivity contribution >= 4 is 23.3 Å². The number of carbonyl (C=O) groups excluding carboxylic acids is 3. The van der Waals surface area contributed by atoms with Crippen LogP contribution in [0.15, 0.2) is 72.8 Å². The van der Waals surface area contributed by atoms with Crippen LogP contribution in [0, 0.1) is 5.82 Å². The van der Waals surface area contributed by atoms with Gasteiger partial charge in [0.15, 0.2) is 12.4 Å². The molecule has 3 aromatic rings. The molecule has 158 valence electrons. The van der Waals surface area contributed by atoms with Gasteiger partial charge in [0.2, 0.25) is 0 Å². The van der Waals surface area contributed by atoms with E-state index in [1.807, 2.05) is 0 Å². The molecule has 0 bridgehead atoms. The summed E-state index contributed by atoms with van der Waals surface area (Å²) in [6.07, 6.45) is 0. The number of benzene rings is 3. The Morgan fingerprint density at radius 2 is 1.48 bits per heavy atom. The summed E-state index contributed by atoms with van der Waals surface area (Å²) in [6, 6.07) is 18.3. The monoisotopic (exact) mass is 420 g/mol. The largest absolute Gasteiger partial charge is 0.484 e. The standard InChI is InChI=1S/C24H21FN2O4/c1-27(2)24(30)18-4-3-5-20(14-18)26-22(28)15-31-21-12-8-17(9-13-21)23(29)16-6-10-19(25)11-7-16/h3-14H,15H2,1-2H3,(H,26,28). The van der Waals surface area contributed by atoms with Crippen molar-refractivity contribution in [2.75, 3.05) is 26.0 Å². The van der Waals surface area contributed by atoms with Crippen LogP contribution in [0.2, 0.25) is 0 Å². The van der Waals surface area contributed by atoms with E-state index in [0.29, 0.717) is 28.1 Å². The van der Waals surface area contributed by atoms with Crippen molar-refractivity contribution in [3.05, 3.63) is 95.3 Å². The smallest absolute Gasteiger partial charge is 0.262 e. The number of carbonyl (C=O) groups is 3. The molecule has 2 amide bonds. The van der Waals surface area contributed by atoms with E-state index in [0.717, 1.165) is 0 Å². The van der Waals surface area contributed by atoms with Gasteiger partial charge in [0.25, 0.3) is 11.8 Å². The van der Waals surface area contributed by atoms with Crippen molar-refractivity contribution < 1.29 is 23.5 Å². The predicted octanol–water partition coefficient (Wildman–Crippen LogP) is 3.78. The maximum Gasteiger partial charge on any atom is 0.262 e. The molecule has 31 heavy (non-hydrogen) atoms. The molecule has 0 saturated heterocycles. The molecule has 0 aliphatic heterocycles. The third-order valence-corrected chi connectivity index (χ3v) is 4.39. The van der Waals surface area contributed by atoms with E-state index in [2.05, 4.69) is 5.32 Å². The highest BCUT2D eigenvalue weighted by atomic mass is 19.1. The Kier molecular flexibility index (Phi) is 6.77. The van der Waals surface area contributed by atoms with Crippen LogP contribution in [-0.4, -0.2) is 43.2 Å². The average Bonchev–Trinajstić information content (AvgIpc) is 2.77. The number of nitrogens with zero attached hydrogens (tertiary/aromatic N) is 1. The molecule has 6 nitrogen and oxygen atoms in total. The van der Waals surface area contributed by atoms with E-state index in [1.165, 1.54) is 29.2 Å². The van der Waals surface area contributed by atoms with Gasteiger partial charge in [-0.05, 0) is 66.7 Å². The number of anilines is 1. The van der Waals surface area contributed by atoms with Gasteiger partial charge in [-0.1, -0.05) is 6.07 Å². The maximum absolute atomic E-state index is 13.0. The Hall–Kier alpha value is -4.00. The first-order valence-electron chi connectivity index (χ1n) is 9.48. The van der Waals surface area contributed by atoms with Crippen molar-refractivity contribution in [2.45, 2.75) is 0 Å². The van der Waals surface area contributed by atoms with Gasteiger partial charge in [-0.2, -0.15) is 0 Å². The second-order valence-electron chi connectivity index (χ2n) is 6.98. The molecule has 0 radical (unpaired) electrons. The fourth-order valence-electron chi connectivity index (χ4n) is 2.80. The summed E-state index contributed by atoms with van der Waals surface area (Å²) in [5.41, 5.74) is 1.75. The maximum atomic E-state index is 13.0. The number of ketones is 1. The van der Waals surface area contributed by atoms with Crippen molar-refractivity contribution in [1.29, 1.82) is 0 Å². The molecule has 0 unspecified atom stereocenters. The van der Waals surface area contributed by atoms with Gasteiger partial charge in [0.05, 0.1) is 0 Å². The fraction of sp³-hybridized carbons (Fsp3) is 0.125. The van der Waals surface area contributed by atoms with E-state index in [4.69, 9.17) is 4.74 Å². The second kappa shape index (κ2) is 9.67. The summed E-state index contributed by atoms with van der Waals surface area (Å²) in [5.74, 6) is -0.781. The van der Waals surface area contributed by atoms with Crippen LogP contribution in [0.4, 0.5) is 10.1 Å². The lowest BCUT2D eigenvalue weighted by molar-refractivity contribution is -0.118. The molecule has 3 rings (SSSR count). The zero-order valence-corrected chi connectivity index (χ0v) is 17.1. The number of rotatable bonds is 7. The second-order valence-corrected chi connectivity index (χ2v) is 6.98. The lowest BCUT2D eigenvalue weighted by Crippen LogP contribution is -2.23. The van der Waals surface area contributed by atoms with Gasteiger partial charge < -0.3 is 15.0 Å². The summed E-state index contributed by atoms with van der Waals surface area (Å²) in [7, 11) is 3.31. The molecule has 7 heteroatoms. The van der Waals surface area contributed by atoms with Crippen molar-refractivity contribution in [3.63, 3.8) is 0 Å². The molecule has 0 fully saturated rings. The van der Waals surface area contributed by atoms with Crippen LogP contribution < -0.4 is 10.1 Å². The molecule has 0 saturated carbocycles. The van der Waals surface area contributed by atoms with E-state index < -0.39 is 5.82 Å². The van der Waals surface area contributed by atoms with Gasteiger partial charge in [-0.25, -0.2) is 4.39 Å². The van der Waals surface area contributed by atoms with E-state index in [9.17, 15) is 18.8 Å². The zero-order chi connectivity index (χ0) is 22.4. The molecule has 0 aliphatic rings. The third-order valence-electron chi connectivity index (χ3n) is 4.39. The van der Waals surface area contributed by atoms with Gasteiger partial charge in [-0.15, -0.1) is 0 Å². The average molecular weight is 420 g/mol. The van der Waals surface area contributed by atoms with Crippen LogP contribution in [-0.2, 0) is 4.79 Å². The van der Waals surface area contributed by atoms with Crippen LogP contribution >= 0.6 is 0 Å². The lowest BCUT2D eigenvalue weighted by atomic mass is 10.0. The SMILES string of the molecule is CN(C)C(=O)c1cccc(NC(=O)COc2ccc(C(=O)c3ccc(F)cc3)cc2)c1. The summed E-state index contributed by atoms with van der Waals surface area (Å²) < 4.78 is 18.5. The minimum atomic E-state index is -0.408. The van der Waals surface area contributed by atoms with Crippen LogP contribution in [0.25, 0.3) is 0 Å². The van der Waals surface area contributed by atoms with Gasteiger partial charge >= 0.3 is 0 Å². The highest BCUT2D eigenvalue weighted by Crippen LogP contribution is 2.17. The Bertz CT molecular complexity index is 1090. The molecular weight excluding hydrogens is 399 g/mol. The number of amides is 2. The first-order valence-corrected chi connectivity index (χ1v) is 9.48. The van der Waals surface area contributed by atoms with Crippen molar-refractivity contribution in [1.82, 2.24) is 4.90 Å². The molecule has 0 atom stereocenters. The highest BCUT2D eigenvalue weighted by Gasteiger charge is 2.11. The number of hydrogen-bond donors (Lipinski definition) is 1. The topological polar surface area (TPSA) is 75.7 Å². The van der Waals surface area contributed by atoms with Gasteiger partial charge in [0, 0.05) is 36.5 Å². The molecule has 0 heterocycles. The molecule has 0 spiro atoms. The van der Waals surface area contributed by atoms with Crippen molar-refractivity contribution in [2.24, 2.45) is 0 Å². The Balaban J connectivity index is 1.56. The number of ether oxygens (including phenoxy) is 1. The Morgan fingerprint density at radius 1 is 0.871 bits per heavy atom. The normalized spacial score (nSPS) is 10.3. The van der Waals surface area contributed by atoms with Crippen LogP contribution in [0.3, 0.4) is 0 Å². The van der Waals surface area contributed by atoms with Crippen molar-refractivity contribution in [3.8, 4) is 5.75 Å². The summed E-state index contributed by atoms with van der Waals surface area (Å²) in [5, 5.41) is 2.68. The summed E-state index contributed by atoms with van der Waals surface area (Å²) in [4.78, 5) is 38.0. The minimum Gasteiger partial charge on any atom is -0.484 e. The van der Waals surface area contributed by atoms with E-state index in [-0.39, 0.29) is 24.2 Å². The highest BCUT2D eigenvalue weighted by molar-refractivity contribution is 6.09. The van der Waals surface area contributed by atoms with E-state index >= 15 is 0 Å². The molecular formula is C24H21FN2O4. The van der Waals surface area contributed by atoms with E-state index in [1.54, 1.807) is 62.6 Å².